The van der Waals surface area contributed by atoms with E-state index in [1.165, 1.54) is 31.0 Å². The summed E-state index contributed by atoms with van der Waals surface area (Å²) in [6.45, 7) is 1.47. The molecular formula is C12H15F2N5O2S. The van der Waals surface area contributed by atoms with Gasteiger partial charge in [0.05, 0.1) is 18.3 Å². The lowest BCUT2D eigenvalue weighted by Crippen LogP contribution is -2.34. The van der Waals surface area contributed by atoms with Crippen molar-refractivity contribution < 1.29 is 17.2 Å². The van der Waals surface area contributed by atoms with Crippen LogP contribution in [-0.4, -0.2) is 45.7 Å². The molecule has 0 spiro atoms. The Morgan fingerprint density at radius 2 is 1.95 bits per heavy atom. The van der Waals surface area contributed by atoms with Gasteiger partial charge in [-0.05, 0) is 29.5 Å². The normalized spacial score (nSPS) is 13.5. The second kappa shape index (κ2) is 6.44. The van der Waals surface area contributed by atoms with Crippen molar-refractivity contribution in [3.63, 3.8) is 0 Å². The van der Waals surface area contributed by atoms with Gasteiger partial charge in [-0.2, -0.15) is 4.31 Å². The molecule has 1 unspecified atom stereocenters. The number of nitrogens with zero attached hydrogens (tertiary/aromatic N) is 5. The monoisotopic (exact) mass is 331 g/mol. The van der Waals surface area contributed by atoms with Gasteiger partial charge in [0.15, 0.2) is 0 Å². The molecule has 0 saturated heterocycles. The second-order valence-electron chi connectivity index (χ2n) is 4.72. The van der Waals surface area contributed by atoms with Crippen LogP contribution in [0.3, 0.4) is 0 Å². The molecule has 2 aromatic rings. The number of sulfonamides is 1. The van der Waals surface area contributed by atoms with Gasteiger partial charge in [-0.1, -0.05) is 6.07 Å². The van der Waals surface area contributed by atoms with E-state index in [0.717, 1.165) is 16.4 Å². The molecule has 10 heteroatoms. The third-order valence-electron chi connectivity index (χ3n) is 3.37. The molecule has 1 heterocycles. The van der Waals surface area contributed by atoms with Crippen LogP contribution in [0.1, 0.15) is 18.5 Å². The fraction of sp³-hybridized carbons (Fsp3) is 0.417. The first-order chi connectivity index (χ1) is 10.3. The first kappa shape index (κ1) is 16.4. The van der Waals surface area contributed by atoms with Crippen molar-refractivity contribution in [2.75, 3.05) is 12.8 Å². The highest BCUT2D eigenvalue weighted by Gasteiger charge is 2.28. The van der Waals surface area contributed by atoms with Crippen molar-refractivity contribution in [2.45, 2.75) is 19.5 Å². The molecule has 0 radical (unpaired) electrons. The molecule has 1 aromatic heterocycles. The van der Waals surface area contributed by atoms with Gasteiger partial charge in [-0.15, -0.1) is 5.10 Å². The minimum Gasteiger partial charge on any atom is -0.231 e. The third kappa shape index (κ3) is 3.45. The Morgan fingerprint density at radius 3 is 2.50 bits per heavy atom. The minimum atomic E-state index is -3.73. The Balaban J connectivity index is 2.16. The maximum absolute atomic E-state index is 13.8. The number of hydrogen-bond acceptors (Lipinski definition) is 5. The van der Waals surface area contributed by atoms with E-state index in [-0.39, 0.29) is 17.9 Å². The van der Waals surface area contributed by atoms with Gasteiger partial charge in [0, 0.05) is 12.6 Å². The van der Waals surface area contributed by atoms with Crippen molar-refractivity contribution in [3.8, 4) is 0 Å². The highest BCUT2D eigenvalue weighted by Crippen LogP contribution is 2.26. The molecular weight excluding hydrogens is 316 g/mol. The molecule has 0 amide bonds. The average molecular weight is 331 g/mol. The molecule has 0 fully saturated rings. The van der Waals surface area contributed by atoms with Crippen LogP contribution >= 0.6 is 0 Å². The number of tetrazole rings is 1. The first-order valence-electron chi connectivity index (χ1n) is 6.43. The number of benzene rings is 1. The minimum absolute atomic E-state index is 0.0478. The summed E-state index contributed by atoms with van der Waals surface area (Å²) in [6.07, 6.45) is 1.29. The van der Waals surface area contributed by atoms with Gasteiger partial charge in [0.2, 0.25) is 10.0 Å². The SMILES string of the molecule is CC(c1c(F)cccc1F)N(C)S(=O)(=O)CCn1cnnn1. The van der Waals surface area contributed by atoms with Crippen LogP contribution in [-0.2, 0) is 16.6 Å². The van der Waals surface area contributed by atoms with E-state index in [1.54, 1.807) is 0 Å². The fourth-order valence-corrected chi connectivity index (χ4v) is 3.26. The van der Waals surface area contributed by atoms with E-state index in [0.29, 0.717) is 0 Å². The maximum atomic E-state index is 13.8. The highest BCUT2D eigenvalue weighted by molar-refractivity contribution is 7.89. The van der Waals surface area contributed by atoms with E-state index in [1.807, 2.05) is 0 Å². The maximum Gasteiger partial charge on any atom is 0.216 e. The predicted molar refractivity (Wildman–Crippen MR) is 74.1 cm³/mol. The summed E-state index contributed by atoms with van der Waals surface area (Å²) in [5.74, 6) is -1.85. The number of halogens is 2. The number of aryl methyl sites for hydroxylation is 1. The molecule has 2 rings (SSSR count). The molecule has 0 bridgehead atoms. The zero-order valence-electron chi connectivity index (χ0n) is 12.0. The molecule has 0 saturated carbocycles. The lowest BCUT2D eigenvalue weighted by molar-refractivity contribution is 0.373. The zero-order valence-corrected chi connectivity index (χ0v) is 12.8. The van der Waals surface area contributed by atoms with Crippen LogP contribution in [0.4, 0.5) is 8.78 Å². The molecule has 22 heavy (non-hydrogen) atoms. The number of aromatic nitrogens is 4. The lowest BCUT2D eigenvalue weighted by Gasteiger charge is -2.25. The molecule has 7 nitrogen and oxygen atoms in total. The van der Waals surface area contributed by atoms with Gasteiger partial charge < -0.3 is 0 Å². The van der Waals surface area contributed by atoms with E-state index in [4.69, 9.17) is 0 Å². The summed E-state index contributed by atoms with van der Waals surface area (Å²) < 4.78 is 54.3. The van der Waals surface area contributed by atoms with E-state index < -0.39 is 27.7 Å². The van der Waals surface area contributed by atoms with Crippen LogP contribution in [0.15, 0.2) is 24.5 Å². The van der Waals surface area contributed by atoms with Crippen LogP contribution in [0, 0.1) is 11.6 Å². The molecule has 0 aliphatic carbocycles. The first-order valence-corrected chi connectivity index (χ1v) is 8.04. The second-order valence-corrected chi connectivity index (χ2v) is 6.86. The highest BCUT2D eigenvalue weighted by atomic mass is 32.2. The molecule has 0 aliphatic rings. The average Bonchev–Trinajstić information content (AvgIpc) is 2.97. The number of hydrogen-bond donors (Lipinski definition) is 0. The summed E-state index contributed by atoms with van der Waals surface area (Å²) in [5, 5.41) is 10.4. The summed E-state index contributed by atoms with van der Waals surface area (Å²) >= 11 is 0. The van der Waals surface area contributed by atoms with Crippen molar-refractivity contribution in [3.05, 3.63) is 41.7 Å². The summed E-state index contributed by atoms with van der Waals surface area (Å²) in [7, 11) is -2.45. The lowest BCUT2D eigenvalue weighted by atomic mass is 10.1. The smallest absolute Gasteiger partial charge is 0.216 e. The topological polar surface area (TPSA) is 81.0 Å². The van der Waals surface area contributed by atoms with Crippen LogP contribution in [0.2, 0.25) is 0 Å². The van der Waals surface area contributed by atoms with Crippen molar-refractivity contribution in [2.24, 2.45) is 0 Å². The Kier molecular flexibility index (Phi) is 4.81. The van der Waals surface area contributed by atoms with Crippen LogP contribution in [0.5, 0.6) is 0 Å². The van der Waals surface area contributed by atoms with E-state index >= 15 is 0 Å². The molecule has 120 valence electrons. The predicted octanol–water partition coefficient (Wildman–Crippen LogP) is 0.974. The Morgan fingerprint density at radius 1 is 1.32 bits per heavy atom. The number of rotatable bonds is 6. The molecule has 1 atom stereocenters. The fourth-order valence-electron chi connectivity index (χ4n) is 1.97. The summed E-state index contributed by atoms with van der Waals surface area (Å²) in [4.78, 5) is 0. The third-order valence-corrected chi connectivity index (χ3v) is 5.26. The van der Waals surface area contributed by atoms with Gasteiger partial charge in [-0.3, -0.25) is 0 Å². The Bertz CT molecular complexity index is 716. The summed E-state index contributed by atoms with van der Waals surface area (Å²) in [5.41, 5.74) is -0.281. The molecule has 0 N–H and O–H groups in total. The quantitative estimate of drug-likeness (QED) is 0.788. The van der Waals surface area contributed by atoms with Gasteiger partial charge in [0.25, 0.3) is 0 Å². The standard InChI is InChI=1S/C12H15F2N5O2S/c1-9(12-10(13)4-3-5-11(12)14)18(2)22(20,21)7-6-19-8-15-16-17-19/h3-5,8-9H,6-7H2,1-2H3. The van der Waals surface area contributed by atoms with Crippen LogP contribution in [0.25, 0.3) is 0 Å². The van der Waals surface area contributed by atoms with Gasteiger partial charge >= 0.3 is 0 Å². The summed E-state index contributed by atoms with van der Waals surface area (Å²) in [6, 6.07) is 2.44. The van der Waals surface area contributed by atoms with Gasteiger partial charge in [0.1, 0.15) is 18.0 Å². The van der Waals surface area contributed by atoms with Crippen molar-refractivity contribution in [1.82, 2.24) is 24.5 Å². The van der Waals surface area contributed by atoms with Gasteiger partial charge in [-0.25, -0.2) is 21.9 Å². The Hall–Kier alpha value is -1.94. The largest absolute Gasteiger partial charge is 0.231 e. The van der Waals surface area contributed by atoms with E-state index in [2.05, 4.69) is 15.5 Å². The Labute approximate surface area is 126 Å². The molecule has 1 aromatic carbocycles. The van der Waals surface area contributed by atoms with Crippen molar-refractivity contribution in [1.29, 1.82) is 0 Å². The van der Waals surface area contributed by atoms with Crippen molar-refractivity contribution >= 4 is 10.0 Å². The molecule has 0 aliphatic heterocycles. The zero-order chi connectivity index (χ0) is 16.3. The van der Waals surface area contributed by atoms with E-state index in [9.17, 15) is 17.2 Å². The van der Waals surface area contributed by atoms with Crippen LogP contribution < -0.4 is 0 Å².